The van der Waals surface area contributed by atoms with Crippen LogP contribution in [0.3, 0.4) is 0 Å². The van der Waals surface area contributed by atoms with Crippen molar-refractivity contribution in [3.63, 3.8) is 0 Å². The maximum atomic E-state index is 13.3. The number of nitrogens with zero attached hydrogens (tertiary/aromatic N) is 4. The summed E-state index contributed by atoms with van der Waals surface area (Å²) >= 11 is 7.39. The summed E-state index contributed by atoms with van der Waals surface area (Å²) in [5, 5.41) is 21.3. The third-order valence-electron chi connectivity index (χ3n) is 6.32. The Morgan fingerprint density at radius 1 is 1.10 bits per heavy atom. The van der Waals surface area contributed by atoms with Crippen LogP contribution in [-0.2, 0) is 16.1 Å². The number of hydrogen-bond donors (Lipinski definition) is 2. The van der Waals surface area contributed by atoms with E-state index in [1.54, 1.807) is 52.0 Å². The topological polar surface area (TPSA) is 140 Å². The van der Waals surface area contributed by atoms with Crippen LogP contribution in [0, 0.1) is 0 Å². The van der Waals surface area contributed by atoms with Gasteiger partial charge in [-0.05, 0) is 54.6 Å². The van der Waals surface area contributed by atoms with Gasteiger partial charge in [0.15, 0.2) is 11.5 Å². The van der Waals surface area contributed by atoms with E-state index in [4.69, 9.17) is 20.9 Å². The fraction of sp³-hybridized carbons (Fsp3) is 0.148. The summed E-state index contributed by atoms with van der Waals surface area (Å²) in [5.74, 6) is -1.22. The Labute approximate surface area is 235 Å². The first kappa shape index (κ1) is 25.7. The predicted molar refractivity (Wildman–Crippen MR) is 148 cm³/mol. The lowest BCUT2D eigenvalue weighted by Gasteiger charge is -2.26. The fourth-order valence-corrected chi connectivity index (χ4v) is 5.40. The monoisotopic (exact) mass is 577 g/mol. The van der Waals surface area contributed by atoms with Crippen molar-refractivity contribution in [2.45, 2.75) is 6.54 Å². The van der Waals surface area contributed by atoms with E-state index in [1.165, 1.54) is 23.5 Å². The minimum atomic E-state index is -1.12. The molecule has 11 nitrogen and oxygen atoms in total. The van der Waals surface area contributed by atoms with Gasteiger partial charge in [-0.3, -0.25) is 14.3 Å². The normalized spacial score (nSPS) is 13.6. The van der Waals surface area contributed by atoms with Crippen molar-refractivity contribution in [3.8, 4) is 10.6 Å². The molecule has 2 aromatic carbocycles. The van der Waals surface area contributed by atoms with E-state index in [9.17, 15) is 19.5 Å². The number of halogens is 1. The number of aromatic carboxylic acids is 1. The van der Waals surface area contributed by atoms with Crippen LogP contribution in [-0.4, -0.2) is 57.6 Å². The van der Waals surface area contributed by atoms with Crippen molar-refractivity contribution in [3.05, 3.63) is 82.0 Å². The quantitative estimate of drug-likeness (QED) is 0.282. The van der Waals surface area contributed by atoms with Gasteiger partial charge in [-0.1, -0.05) is 16.8 Å². The molecule has 0 bridgehead atoms. The minimum absolute atomic E-state index is 0.0268. The maximum absolute atomic E-state index is 13.3. The third kappa shape index (κ3) is 5.07. The zero-order chi connectivity index (χ0) is 27.8. The Morgan fingerprint density at radius 2 is 1.93 bits per heavy atom. The standard InChI is InChI=1S/C27H20ClN5O6S/c28-23-8-7-22(40-23)21-12-17(31-39-21)13-33-20-6-1-15(27(36)37)11-19(20)25(30-33)26(35)29-16-2-4-18(5-3-16)32-9-10-38-14-24(32)34/h1-8,11-12H,9-10,13-14H2,(H,29,35)(H,36,37). The lowest BCUT2D eigenvalue weighted by atomic mass is 10.1. The van der Waals surface area contributed by atoms with Crippen molar-refractivity contribution < 1.29 is 28.8 Å². The van der Waals surface area contributed by atoms with Crippen LogP contribution < -0.4 is 10.2 Å². The molecule has 202 valence electrons. The molecule has 1 aliphatic rings. The van der Waals surface area contributed by atoms with Crippen LogP contribution in [0.5, 0.6) is 0 Å². The first-order valence-electron chi connectivity index (χ1n) is 12.1. The fourth-order valence-electron chi connectivity index (χ4n) is 4.41. The van der Waals surface area contributed by atoms with Crippen molar-refractivity contribution in [1.82, 2.24) is 14.9 Å². The van der Waals surface area contributed by atoms with Crippen molar-refractivity contribution >= 4 is 63.0 Å². The van der Waals surface area contributed by atoms with E-state index < -0.39 is 11.9 Å². The van der Waals surface area contributed by atoms with Gasteiger partial charge in [0, 0.05) is 29.4 Å². The van der Waals surface area contributed by atoms with Crippen LogP contribution in [0.15, 0.2) is 65.2 Å². The Morgan fingerprint density at radius 3 is 2.65 bits per heavy atom. The Bertz CT molecular complexity index is 1760. The smallest absolute Gasteiger partial charge is 0.335 e. The van der Waals surface area contributed by atoms with Crippen LogP contribution in [0.2, 0.25) is 4.34 Å². The van der Waals surface area contributed by atoms with E-state index in [-0.39, 0.29) is 30.3 Å². The lowest BCUT2D eigenvalue weighted by Crippen LogP contribution is -2.41. The second-order valence-corrected chi connectivity index (χ2v) is 10.6. The Kier molecular flexibility index (Phi) is 6.80. The molecule has 2 amide bonds. The van der Waals surface area contributed by atoms with Gasteiger partial charge in [0.2, 0.25) is 0 Å². The molecular formula is C27H20ClN5O6S. The highest BCUT2D eigenvalue weighted by Crippen LogP contribution is 2.32. The molecule has 0 unspecified atom stereocenters. The summed E-state index contributed by atoms with van der Waals surface area (Å²) in [6.45, 7) is 1.12. The van der Waals surface area contributed by atoms with Gasteiger partial charge in [-0.15, -0.1) is 11.3 Å². The summed E-state index contributed by atoms with van der Waals surface area (Å²) in [6, 6.07) is 16.7. The molecule has 0 radical (unpaired) electrons. The second kappa shape index (κ2) is 10.6. The molecule has 13 heteroatoms. The third-order valence-corrected chi connectivity index (χ3v) is 7.57. The molecule has 6 rings (SSSR count). The van der Waals surface area contributed by atoms with E-state index in [0.29, 0.717) is 51.2 Å². The molecule has 2 N–H and O–H groups in total. The number of fused-ring (bicyclic) bond motifs is 1. The van der Waals surface area contributed by atoms with Gasteiger partial charge in [-0.2, -0.15) is 5.10 Å². The van der Waals surface area contributed by atoms with E-state index in [2.05, 4.69) is 15.6 Å². The SMILES string of the molecule is O=C(O)c1ccc2c(c1)c(C(=O)Nc1ccc(N3CCOCC3=O)cc1)nn2Cc1cc(-c2ccc(Cl)s2)on1. The first-order chi connectivity index (χ1) is 19.4. The van der Waals surface area contributed by atoms with Crippen LogP contribution in [0.1, 0.15) is 26.5 Å². The summed E-state index contributed by atoms with van der Waals surface area (Å²) in [5.41, 5.74) is 2.39. The number of thiophene rings is 1. The highest BCUT2D eigenvalue weighted by atomic mass is 35.5. The Balaban J connectivity index is 1.28. The number of morpholine rings is 1. The summed E-state index contributed by atoms with van der Waals surface area (Å²) in [7, 11) is 0. The maximum Gasteiger partial charge on any atom is 0.335 e. The second-order valence-electron chi connectivity index (χ2n) is 8.93. The average molecular weight is 578 g/mol. The molecule has 1 fully saturated rings. The predicted octanol–water partition coefficient (Wildman–Crippen LogP) is 4.77. The van der Waals surface area contributed by atoms with Crippen molar-refractivity contribution in [2.24, 2.45) is 0 Å². The van der Waals surface area contributed by atoms with E-state index in [0.717, 1.165) is 4.88 Å². The number of nitrogens with one attached hydrogen (secondary N) is 1. The molecule has 0 spiro atoms. The van der Waals surface area contributed by atoms with Gasteiger partial charge in [0.05, 0.1) is 33.4 Å². The van der Waals surface area contributed by atoms with E-state index >= 15 is 0 Å². The van der Waals surface area contributed by atoms with Crippen LogP contribution in [0.25, 0.3) is 21.5 Å². The number of ether oxygens (including phenoxy) is 1. The van der Waals surface area contributed by atoms with Gasteiger partial charge >= 0.3 is 5.97 Å². The minimum Gasteiger partial charge on any atom is -0.478 e. The largest absolute Gasteiger partial charge is 0.478 e. The highest BCUT2D eigenvalue weighted by molar-refractivity contribution is 7.19. The van der Waals surface area contributed by atoms with Gasteiger partial charge < -0.3 is 24.6 Å². The molecule has 3 aromatic heterocycles. The van der Waals surface area contributed by atoms with Crippen LogP contribution in [0.4, 0.5) is 11.4 Å². The number of amides is 2. The van der Waals surface area contributed by atoms with Gasteiger partial charge in [0.25, 0.3) is 11.8 Å². The number of anilines is 2. The van der Waals surface area contributed by atoms with Crippen LogP contribution >= 0.6 is 22.9 Å². The zero-order valence-electron chi connectivity index (χ0n) is 20.7. The van der Waals surface area contributed by atoms with E-state index in [1.807, 2.05) is 6.07 Å². The summed E-state index contributed by atoms with van der Waals surface area (Å²) in [6.07, 6.45) is 0. The number of benzene rings is 2. The number of carbonyl (C=O) groups excluding carboxylic acids is 2. The van der Waals surface area contributed by atoms with Crippen molar-refractivity contribution in [2.75, 3.05) is 30.0 Å². The molecular weight excluding hydrogens is 558 g/mol. The van der Waals surface area contributed by atoms with Gasteiger partial charge in [0.1, 0.15) is 12.3 Å². The highest BCUT2D eigenvalue weighted by Gasteiger charge is 2.22. The molecule has 1 saturated heterocycles. The summed E-state index contributed by atoms with van der Waals surface area (Å²) < 4.78 is 12.8. The average Bonchev–Trinajstić information content (AvgIpc) is 3.68. The molecule has 1 aliphatic heterocycles. The number of aromatic nitrogens is 3. The first-order valence-corrected chi connectivity index (χ1v) is 13.3. The lowest BCUT2D eigenvalue weighted by molar-refractivity contribution is -0.125. The van der Waals surface area contributed by atoms with Gasteiger partial charge in [-0.25, -0.2) is 4.79 Å². The molecule has 0 aliphatic carbocycles. The number of carbonyl (C=O) groups is 3. The molecule has 40 heavy (non-hydrogen) atoms. The number of carboxylic acids is 1. The Hall–Kier alpha value is -4.52. The zero-order valence-corrected chi connectivity index (χ0v) is 22.2. The molecule has 5 aromatic rings. The summed E-state index contributed by atoms with van der Waals surface area (Å²) in [4.78, 5) is 39.6. The van der Waals surface area contributed by atoms with Crippen molar-refractivity contribution in [1.29, 1.82) is 0 Å². The number of carboxylic acid groups (broad SMARTS) is 1. The molecule has 4 heterocycles. The number of hydrogen-bond acceptors (Lipinski definition) is 8. The molecule has 0 atom stereocenters. The molecule has 0 saturated carbocycles. The number of rotatable bonds is 7.